The Morgan fingerprint density at radius 3 is 2.57 bits per heavy atom. The van der Waals surface area contributed by atoms with Gasteiger partial charge in [-0.1, -0.05) is 73.4 Å². The second-order valence-electron chi connectivity index (χ2n) is 8.89. The van der Waals surface area contributed by atoms with E-state index in [0.29, 0.717) is 5.13 Å². The van der Waals surface area contributed by atoms with Crippen molar-refractivity contribution >= 4 is 35.6 Å². The molecule has 0 saturated heterocycles. The lowest BCUT2D eigenvalue weighted by Crippen LogP contribution is -2.39. The minimum Gasteiger partial charge on any atom is -0.301 e. The molecule has 1 aromatic heterocycles. The Hall–Kier alpha value is -2.24. The molecule has 4 rings (SSSR count). The summed E-state index contributed by atoms with van der Waals surface area (Å²) in [4.78, 5) is 17.7. The zero-order valence-corrected chi connectivity index (χ0v) is 18.6. The van der Waals surface area contributed by atoms with Crippen LogP contribution in [0.25, 0.3) is 0 Å². The lowest BCUT2D eigenvalue weighted by molar-refractivity contribution is -0.125. The van der Waals surface area contributed by atoms with Crippen LogP contribution in [0.2, 0.25) is 19.6 Å². The van der Waals surface area contributed by atoms with Crippen LogP contribution in [0.5, 0.6) is 0 Å². The summed E-state index contributed by atoms with van der Waals surface area (Å²) >= 11 is 1.46. The predicted octanol–water partition coefficient (Wildman–Crippen LogP) is 5.02. The van der Waals surface area contributed by atoms with Gasteiger partial charge >= 0.3 is 0 Å². The van der Waals surface area contributed by atoms with Crippen LogP contribution in [0.4, 0.5) is 5.13 Å². The molecule has 3 nitrogen and oxygen atoms in total. The summed E-state index contributed by atoms with van der Waals surface area (Å²) in [6.07, 6.45) is 2.46. The monoisotopic (exact) mass is 406 g/mol. The van der Waals surface area contributed by atoms with Crippen LogP contribution < -0.4 is 10.5 Å². The minimum atomic E-state index is -1.44. The van der Waals surface area contributed by atoms with Crippen LogP contribution in [0, 0.1) is 5.41 Å². The van der Waals surface area contributed by atoms with Crippen molar-refractivity contribution in [1.82, 2.24) is 4.98 Å². The Labute approximate surface area is 171 Å². The number of hydrogen-bond acceptors (Lipinski definition) is 3. The van der Waals surface area contributed by atoms with Crippen LogP contribution in [-0.2, 0) is 11.2 Å². The average Bonchev–Trinajstić information content (AvgIpc) is 3.26. The van der Waals surface area contributed by atoms with Gasteiger partial charge in [0.05, 0.1) is 13.5 Å². The first kappa shape index (κ1) is 19.1. The van der Waals surface area contributed by atoms with Crippen molar-refractivity contribution in [3.05, 3.63) is 76.8 Å². The second kappa shape index (κ2) is 6.98. The number of hydrogen-bond donors (Lipinski definition) is 1. The van der Waals surface area contributed by atoms with Crippen LogP contribution in [0.15, 0.2) is 60.1 Å². The second-order valence-corrected chi connectivity index (χ2v) is 14.9. The minimum absolute atomic E-state index is 0.0416. The van der Waals surface area contributed by atoms with Gasteiger partial charge in [0, 0.05) is 17.5 Å². The molecule has 0 aliphatic heterocycles. The highest BCUT2D eigenvalue weighted by atomic mass is 32.1. The number of benzene rings is 2. The molecular formula is C23H26N2OSSi. The summed E-state index contributed by atoms with van der Waals surface area (Å²) in [5.74, 6) is 0.0852. The van der Waals surface area contributed by atoms with E-state index in [1.165, 1.54) is 33.2 Å². The molecule has 0 radical (unpaired) electrons. The van der Waals surface area contributed by atoms with Crippen molar-refractivity contribution in [2.45, 2.75) is 38.9 Å². The molecule has 1 aliphatic rings. The van der Waals surface area contributed by atoms with E-state index in [9.17, 15) is 4.79 Å². The Morgan fingerprint density at radius 1 is 1.18 bits per heavy atom. The fourth-order valence-electron chi connectivity index (χ4n) is 4.26. The molecule has 1 aliphatic carbocycles. The molecule has 3 aromatic rings. The van der Waals surface area contributed by atoms with Crippen LogP contribution >= 0.6 is 11.3 Å². The number of amides is 1. The third-order valence-electron chi connectivity index (χ3n) is 5.82. The predicted molar refractivity (Wildman–Crippen MR) is 120 cm³/mol. The zero-order chi connectivity index (χ0) is 19.9. The number of carbonyl (C=O) groups is 1. The van der Waals surface area contributed by atoms with Crippen molar-refractivity contribution in [3.8, 4) is 0 Å². The van der Waals surface area contributed by atoms with E-state index in [4.69, 9.17) is 0 Å². The molecule has 0 fully saturated rings. The lowest BCUT2D eigenvalue weighted by atomic mass is 9.73. The topological polar surface area (TPSA) is 42.0 Å². The highest BCUT2D eigenvalue weighted by Crippen LogP contribution is 2.51. The van der Waals surface area contributed by atoms with Gasteiger partial charge in [0.15, 0.2) is 5.13 Å². The molecule has 5 heteroatoms. The first-order valence-corrected chi connectivity index (χ1v) is 14.1. The summed E-state index contributed by atoms with van der Waals surface area (Å²) in [6.45, 7) is 9.21. The van der Waals surface area contributed by atoms with E-state index in [0.717, 1.165) is 6.42 Å². The summed E-state index contributed by atoms with van der Waals surface area (Å²) in [5.41, 5.74) is 3.24. The Morgan fingerprint density at radius 2 is 1.93 bits per heavy atom. The zero-order valence-electron chi connectivity index (χ0n) is 16.8. The first-order chi connectivity index (χ1) is 13.3. The Bertz CT molecular complexity index is 995. The maximum absolute atomic E-state index is 13.4. The molecule has 1 amide bonds. The average molecular weight is 407 g/mol. The number of nitrogens with one attached hydrogen (secondary N) is 1. The number of fused-ring (bicyclic) bond motifs is 1. The van der Waals surface area contributed by atoms with Crippen LogP contribution in [-0.4, -0.2) is 19.0 Å². The van der Waals surface area contributed by atoms with Crippen LogP contribution in [0.3, 0.4) is 0 Å². The number of carbonyl (C=O) groups excluding carboxylic acids is 1. The molecule has 1 heterocycles. The largest absolute Gasteiger partial charge is 0.301 e. The quantitative estimate of drug-likeness (QED) is 0.618. The van der Waals surface area contributed by atoms with Gasteiger partial charge < -0.3 is 5.32 Å². The molecule has 0 saturated carbocycles. The molecule has 0 bridgehead atoms. The van der Waals surface area contributed by atoms with Crippen molar-refractivity contribution in [2.24, 2.45) is 5.41 Å². The van der Waals surface area contributed by atoms with E-state index >= 15 is 0 Å². The van der Waals surface area contributed by atoms with Gasteiger partial charge in [0.25, 0.3) is 0 Å². The Balaban J connectivity index is 1.81. The van der Waals surface area contributed by atoms with E-state index in [1.807, 2.05) is 11.4 Å². The summed E-state index contributed by atoms with van der Waals surface area (Å²) in [6, 6.07) is 17.4. The Kier molecular flexibility index (Phi) is 4.76. The molecule has 28 heavy (non-hydrogen) atoms. The van der Waals surface area contributed by atoms with Gasteiger partial charge in [-0.25, -0.2) is 4.98 Å². The third kappa shape index (κ3) is 3.33. The highest BCUT2D eigenvalue weighted by molar-refractivity contribution is 7.13. The number of aromatic nitrogens is 1. The molecule has 2 aromatic carbocycles. The molecule has 2 atom stereocenters. The van der Waals surface area contributed by atoms with Crippen LogP contribution in [0.1, 0.15) is 29.5 Å². The third-order valence-corrected chi connectivity index (χ3v) is 8.55. The van der Waals surface area contributed by atoms with Gasteiger partial charge in [-0.05, 0) is 30.0 Å². The van der Waals surface area contributed by atoms with E-state index in [-0.39, 0.29) is 11.8 Å². The molecular weight excluding hydrogens is 380 g/mol. The summed E-state index contributed by atoms with van der Waals surface area (Å²) in [5, 5.41) is 7.05. The number of thiazole rings is 1. The maximum Gasteiger partial charge on any atom is 0.233 e. The van der Waals surface area contributed by atoms with Crippen molar-refractivity contribution in [2.75, 3.05) is 5.32 Å². The lowest BCUT2D eigenvalue weighted by Gasteiger charge is -2.31. The smallest absolute Gasteiger partial charge is 0.233 e. The summed E-state index contributed by atoms with van der Waals surface area (Å²) in [7, 11) is -1.44. The van der Waals surface area contributed by atoms with E-state index < -0.39 is 13.5 Å². The fraction of sp³-hybridized carbons (Fsp3) is 0.304. The highest BCUT2D eigenvalue weighted by Gasteiger charge is 2.49. The van der Waals surface area contributed by atoms with Gasteiger partial charge in [-0.2, -0.15) is 0 Å². The number of nitrogens with zero attached hydrogens (tertiary/aromatic N) is 1. The van der Waals surface area contributed by atoms with Crippen molar-refractivity contribution in [1.29, 1.82) is 0 Å². The van der Waals surface area contributed by atoms with Gasteiger partial charge in [0.1, 0.15) is 0 Å². The van der Waals surface area contributed by atoms with Gasteiger partial charge in [-0.15, -0.1) is 11.3 Å². The standard InChI is InChI=1S/C23H26N2OSSi/c1-23(21(26)25-22-24-12-13-27-22)15-17-10-11-18(28(2,3)4)14-19(17)20(23)16-8-6-5-7-9-16/h5-14,20H,15H2,1-4H3,(H,24,25,26)/t20-,23+/m0/s1. The van der Waals surface area contributed by atoms with Gasteiger partial charge in [-0.3, -0.25) is 4.79 Å². The molecule has 0 unspecified atom stereocenters. The van der Waals surface area contributed by atoms with Crippen molar-refractivity contribution < 1.29 is 4.79 Å². The number of anilines is 1. The summed E-state index contributed by atoms with van der Waals surface area (Å²) < 4.78 is 0. The normalized spacial score (nSPS) is 21.4. The van der Waals surface area contributed by atoms with E-state index in [1.54, 1.807) is 6.20 Å². The van der Waals surface area contributed by atoms with E-state index in [2.05, 4.69) is 79.3 Å². The van der Waals surface area contributed by atoms with Gasteiger partial charge in [0.2, 0.25) is 5.91 Å². The van der Waals surface area contributed by atoms with Crippen molar-refractivity contribution in [3.63, 3.8) is 0 Å². The molecule has 1 N–H and O–H groups in total. The maximum atomic E-state index is 13.4. The molecule has 0 spiro atoms. The number of rotatable bonds is 4. The SMILES string of the molecule is C[C@@]1(C(=O)Nc2nccs2)Cc2ccc([Si](C)(C)C)cc2[C@@H]1c1ccccc1. The first-order valence-electron chi connectivity index (χ1n) is 9.68. The molecule has 144 valence electrons. The fourth-order valence-corrected chi connectivity index (χ4v) is 5.96.